The molecule has 30 heavy (non-hydrogen) atoms. The molecule has 2 aromatic rings. The molecule has 2 N–H and O–H groups in total. The average Bonchev–Trinajstić information content (AvgIpc) is 3.19. The Morgan fingerprint density at radius 3 is 2.30 bits per heavy atom. The van der Waals surface area contributed by atoms with Gasteiger partial charge in [-0.15, -0.1) is 0 Å². The molecule has 1 aliphatic rings. The van der Waals surface area contributed by atoms with E-state index in [1.807, 2.05) is 36.4 Å². The van der Waals surface area contributed by atoms with Crippen molar-refractivity contribution in [3.63, 3.8) is 0 Å². The van der Waals surface area contributed by atoms with Gasteiger partial charge in [0.25, 0.3) is 5.91 Å². The van der Waals surface area contributed by atoms with Crippen LogP contribution in [0.3, 0.4) is 0 Å². The van der Waals surface area contributed by atoms with E-state index in [9.17, 15) is 24.2 Å². The van der Waals surface area contributed by atoms with E-state index in [0.29, 0.717) is 12.1 Å². The van der Waals surface area contributed by atoms with E-state index in [2.05, 4.69) is 5.10 Å². The lowest BCUT2D eigenvalue weighted by atomic mass is 10.0. The number of carbonyl (C=O) groups excluding carboxylic acids is 1. The van der Waals surface area contributed by atoms with Gasteiger partial charge >= 0.3 is 5.97 Å². The number of rotatable bonds is 9. The highest BCUT2D eigenvalue weighted by atomic mass is 31.2. The summed E-state index contributed by atoms with van der Waals surface area (Å²) in [7, 11) is -3.72. The van der Waals surface area contributed by atoms with E-state index in [0.717, 1.165) is 29.0 Å². The van der Waals surface area contributed by atoms with Gasteiger partial charge in [-0.2, -0.15) is 5.10 Å². The zero-order chi connectivity index (χ0) is 21.6. The topological polar surface area (TPSA) is 107 Å². The lowest BCUT2D eigenvalue weighted by molar-refractivity contribution is -0.148. The molecular formula is C22H25N2O5P. The number of carboxylic acids is 1. The van der Waals surface area contributed by atoms with E-state index in [1.165, 1.54) is 0 Å². The summed E-state index contributed by atoms with van der Waals surface area (Å²) in [5.41, 5.74) is 2.37. The van der Waals surface area contributed by atoms with Gasteiger partial charge in [0.15, 0.2) is 6.04 Å². The molecule has 0 bridgehead atoms. The minimum absolute atomic E-state index is 0.0202. The first-order chi connectivity index (χ1) is 14.4. The number of hydrogen-bond donors (Lipinski definition) is 2. The molecule has 1 amide bonds. The van der Waals surface area contributed by atoms with Gasteiger partial charge in [-0.3, -0.25) is 9.36 Å². The average molecular weight is 428 g/mol. The second-order valence-electron chi connectivity index (χ2n) is 7.38. The fourth-order valence-electron chi connectivity index (χ4n) is 3.43. The zero-order valence-electron chi connectivity index (χ0n) is 16.6. The monoisotopic (exact) mass is 428 g/mol. The van der Waals surface area contributed by atoms with E-state index in [4.69, 9.17) is 0 Å². The van der Waals surface area contributed by atoms with Gasteiger partial charge in [-0.1, -0.05) is 60.7 Å². The third-order valence-electron chi connectivity index (χ3n) is 5.01. The van der Waals surface area contributed by atoms with Gasteiger partial charge in [0.2, 0.25) is 7.37 Å². The Morgan fingerprint density at radius 1 is 1.03 bits per heavy atom. The third kappa shape index (κ3) is 5.88. The second kappa shape index (κ2) is 9.83. The van der Waals surface area contributed by atoms with Crippen molar-refractivity contribution in [3.8, 4) is 0 Å². The molecule has 1 aliphatic heterocycles. The quantitative estimate of drug-likeness (QED) is 0.470. The van der Waals surface area contributed by atoms with Crippen LogP contribution >= 0.6 is 7.37 Å². The first-order valence-electron chi connectivity index (χ1n) is 9.88. The summed E-state index contributed by atoms with van der Waals surface area (Å²) in [6.07, 6.45) is 1.53. The molecule has 0 radical (unpaired) electrons. The maximum absolute atomic E-state index is 12.6. The molecule has 7 nitrogen and oxygen atoms in total. The van der Waals surface area contributed by atoms with Crippen LogP contribution in [0.4, 0.5) is 0 Å². The number of aliphatic carboxylic acids is 1. The lowest BCUT2D eigenvalue weighted by Crippen LogP contribution is -2.40. The van der Waals surface area contributed by atoms with Crippen LogP contribution < -0.4 is 0 Å². The van der Waals surface area contributed by atoms with Crippen LogP contribution in [0.2, 0.25) is 0 Å². The Bertz CT molecular complexity index is 962. The first kappa shape index (κ1) is 21.9. The maximum Gasteiger partial charge on any atom is 0.329 e. The van der Waals surface area contributed by atoms with E-state index >= 15 is 0 Å². The molecule has 0 saturated carbocycles. The predicted molar refractivity (Wildman–Crippen MR) is 115 cm³/mol. The van der Waals surface area contributed by atoms with Crippen LogP contribution in [-0.4, -0.2) is 51.0 Å². The Labute approximate surface area is 175 Å². The van der Waals surface area contributed by atoms with E-state index in [1.54, 1.807) is 24.3 Å². The summed E-state index contributed by atoms with van der Waals surface area (Å²) in [4.78, 5) is 34.5. The number of hydrazone groups is 1. The zero-order valence-corrected chi connectivity index (χ0v) is 17.4. The van der Waals surface area contributed by atoms with Gasteiger partial charge in [-0.25, -0.2) is 9.80 Å². The maximum atomic E-state index is 12.6. The number of amides is 1. The summed E-state index contributed by atoms with van der Waals surface area (Å²) < 4.78 is 12.5. The van der Waals surface area contributed by atoms with Crippen molar-refractivity contribution in [2.75, 3.05) is 12.3 Å². The Kier molecular flexibility index (Phi) is 7.19. The predicted octanol–water partition coefficient (Wildman–Crippen LogP) is 3.37. The van der Waals surface area contributed by atoms with Crippen LogP contribution in [0.15, 0.2) is 65.8 Å². The molecule has 0 aromatic heterocycles. The molecule has 0 fully saturated rings. The molecule has 158 valence electrons. The van der Waals surface area contributed by atoms with Crippen LogP contribution in [0.5, 0.6) is 0 Å². The van der Waals surface area contributed by atoms with Crippen molar-refractivity contribution in [1.82, 2.24) is 5.01 Å². The Balaban J connectivity index is 1.58. The molecule has 2 unspecified atom stereocenters. The number of aryl methyl sites for hydroxylation is 1. The van der Waals surface area contributed by atoms with Gasteiger partial charge in [0, 0.05) is 12.6 Å². The molecule has 1 heterocycles. The molecule has 0 saturated heterocycles. The second-order valence-corrected chi connectivity index (χ2v) is 9.84. The highest BCUT2D eigenvalue weighted by molar-refractivity contribution is 7.58. The number of nitrogens with zero attached hydrogens (tertiary/aromatic N) is 2. The summed E-state index contributed by atoms with van der Waals surface area (Å²) in [5.74, 6) is -1.92. The molecule has 2 aromatic carbocycles. The van der Waals surface area contributed by atoms with Crippen molar-refractivity contribution >= 4 is 25.0 Å². The van der Waals surface area contributed by atoms with Crippen molar-refractivity contribution in [1.29, 1.82) is 0 Å². The van der Waals surface area contributed by atoms with Crippen LogP contribution in [0.1, 0.15) is 30.4 Å². The highest BCUT2D eigenvalue weighted by Crippen LogP contribution is 2.42. The van der Waals surface area contributed by atoms with Crippen molar-refractivity contribution in [2.24, 2.45) is 5.10 Å². The Morgan fingerprint density at radius 2 is 1.67 bits per heavy atom. The van der Waals surface area contributed by atoms with Crippen molar-refractivity contribution in [2.45, 2.75) is 31.7 Å². The number of benzene rings is 2. The van der Waals surface area contributed by atoms with Crippen molar-refractivity contribution in [3.05, 3.63) is 71.8 Å². The van der Waals surface area contributed by atoms with Gasteiger partial charge < -0.3 is 10.00 Å². The van der Waals surface area contributed by atoms with E-state index in [-0.39, 0.29) is 12.6 Å². The smallest absolute Gasteiger partial charge is 0.329 e. The third-order valence-corrected chi connectivity index (χ3v) is 6.79. The molecular weight excluding hydrogens is 403 g/mol. The SMILES string of the molecule is O=C(O)C1CC(c2ccccc2)=NN1C(=O)CP(=O)(O)CCCCc1ccccc1. The minimum Gasteiger partial charge on any atom is -0.480 e. The Hall–Kier alpha value is -2.76. The number of unbranched alkanes of at least 4 members (excludes halogenated alkanes) is 1. The van der Waals surface area contributed by atoms with Crippen LogP contribution in [0.25, 0.3) is 0 Å². The van der Waals surface area contributed by atoms with Crippen LogP contribution in [0, 0.1) is 0 Å². The molecule has 2 atom stereocenters. The number of carboxylic acid groups (broad SMARTS) is 1. The molecule has 0 aliphatic carbocycles. The summed E-state index contributed by atoms with van der Waals surface area (Å²) in [6.45, 7) is 0. The van der Waals surface area contributed by atoms with Crippen LogP contribution in [-0.2, 0) is 20.6 Å². The van der Waals surface area contributed by atoms with Gasteiger partial charge in [0.1, 0.15) is 6.16 Å². The summed E-state index contributed by atoms with van der Waals surface area (Å²) in [6, 6.07) is 17.7. The fraction of sp³-hybridized carbons (Fsp3) is 0.318. The number of carbonyl (C=O) groups is 2. The van der Waals surface area contributed by atoms with Crippen molar-refractivity contribution < 1.29 is 24.2 Å². The fourth-order valence-corrected chi connectivity index (χ4v) is 4.88. The van der Waals surface area contributed by atoms with E-state index < -0.39 is 31.4 Å². The highest BCUT2D eigenvalue weighted by Gasteiger charge is 2.38. The summed E-state index contributed by atoms with van der Waals surface area (Å²) >= 11 is 0. The molecule has 0 spiro atoms. The normalized spacial score (nSPS) is 18.0. The number of hydrogen-bond acceptors (Lipinski definition) is 4. The van der Waals surface area contributed by atoms with Gasteiger partial charge in [-0.05, 0) is 30.4 Å². The largest absolute Gasteiger partial charge is 0.480 e. The molecule has 8 heteroatoms. The lowest BCUT2D eigenvalue weighted by Gasteiger charge is -2.19. The van der Waals surface area contributed by atoms with Gasteiger partial charge in [0.05, 0.1) is 5.71 Å². The first-order valence-corrected chi connectivity index (χ1v) is 11.9. The summed E-state index contributed by atoms with van der Waals surface area (Å²) in [5, 5.41) is 14.5. The minimum atomic E-state index is -3.72. The molecule has 3 rings (SSSR count). The standard InChI is InChI=1S/C22H25N2O5P/c25-21(16-30(28,29)14-8-7-11-17-9-3-1-4-10-17)24-20(22(26)27)15-19(23-24)18-12-5-2-6-13-18/h1-6,9-10,12-13,20H,7-8,11,14-16H2,(H,26,27)(H,28,29).